The van der Waals surface area contributed by atoms with E-state index in [1.54, 1.807) is 31.2 Å². The zero-order chi connectivity index (χ0) is 22.7. The summed E-state index contributed by atoms with van der Waals surface area (Å²) in [7, 11) is 3.42. The summed E-state index contributed by atoms with van der Waals surface area (Å²) in [6.45, 7) is 0. The Morgan fingerprint density at radius 3 is 2.62 bits per heavy atom. The van der Waals surface area contributed by atoms with E-state index in [9.17, 15) is 9.18 Å². The van der Waals surface area contributed by atoms with Crippen molar-refractivity contribution in [1.29, 1.82) is 0 Å². The molecule has 2 heterocycles. The van der Waals surface area contributed by atoms with Crippen molar-refractivity contribution in [2.45, 2.75) is 0 Å². The van der Waals surface area contributed by atoms with Gasteiger partial charge in [0.15, 0.2) is 0 Å². The van der Waals surface area contributed by atoms with E-state index >= 15 is 0 Å². The van der Waals surface area contributed by atoms with Crippen LogP contribution in [0.1, 0.15) is 10.4 Å². The maximum atomic E-state index is 14.4. The molecule has 162 valence electrons. The Bertz CT molecular complexity index is 1260. The van der Waals surface area contributed by atoms with Gasteiger partial charge in [-0.1, -0.05) is 18.2 Å². The molecule has 10 heteroatoms. The minimum absolute atomic E-state index is 0.0902. The van der Waals surface area contributed by atoms with Gasteiger partial charge in [-0.2, -0.15) is 10.1 Å². The Labute approximate surface area is 183 Å². The summed E-state index contributed by atoms with van der Waals surface area (Å²) in [5.41, 5.74) is 7.77. The smallest absolute Gasteiger partial charge is 0.263 e. The molecule has 32 heavy (non-hydrogen) atoms. The zero-order valence-electron chi connectivity index (χ0n) is 17.5. The maximum absolute atomic E-state index is 14.4. The van der Waals surface area contributed by atoms with Gasteiger partial charge in [-0.15, -0.1) is 0 Å². The van der Waals surface area contributed by atoms with Crippen LogP contribution >= 0.6 is 0 Å². The molecule has 0 saturated heterocycles. The van der Waals surface area contributed by atoms with Gasteiger partial charge >= 0.3 is 0 Å². The summed E-state index contributed by atoms with van der Waals surface area (Å²) in [6.07, 6.45) is 4.74. The van der Waals surface area contributed by atoms with Gasteiger partial charge in [-0.05, 0) is 30.3 Å². The summed E-state index contributed by atoms with van der Waals surface area (Å²) in [5.74, 6) is -0.558. The number of benzene rings is 2. The minimum atomic E-state index is -0.533. The number of nitrogens with one attached hydrogen (secondary N) is 2. The van der Waals surface area contributed by atoms with Crippen LogP contribution in [0.2, 0.25) is 0 Å². The van der Waals surface area contributed by atoms with Crippen LogP contribution < -0.4 is 21.3 Å². The van der Waals surface area contributed by atoms with Gasteiger partial charge < -0.3 is 21.3 Å². The lowest BCUT2D eigenvalue weighted by atomic mass is 10.2. The van der Waals surface area contributed by atoms with E-state index in [2.05, 4.69) is 25.7 Å². The predicted molar refractivity (Wildman–Crippen MR) is 122 cm³/mol. The average Bonchev–Trinajstić information content (AvgIpc) is 3.20. The van der Waals surface area contributed by atoms with E-state index in [0.29, 0.717) is 17.1 Å². The zero-order valence-corrected chi connectivity index (χ0v) is 17.5. The highest BCUT2D eigenvalue weighted by atomic mass is 19.1. The van der Waals surface area contributed by atoms with E-state index in [1.165, 1.54) is 29.3 Å². The van der Waals surface area contributed by atoms with Crippen molar-refractivity contribution in [2.75, 3.05) is 28.3 Å². The SMILES string of the molecule is CN(C(=O)c1cnc(Nc2cnn(C)c2)nc1Nc1cc(N)ccc1F)c1ccccc1. The van der Waals surface area contributed by atoms with Crippen LogP contribution in [-0.4, -0.2) is 32.7 Å². The molecule has 0 aliphatic carbocycles. The lowest BCUT2D eigenvalue weighted by Gasteiger charge is -2.19. The van der Waals surface area contributed by atoms with Gasteiger partial charge in [0.2, 0.25) is 5.95 Å². The van der Waals surface area contributed by atoms with E-state index in [0.717, 1.165) is 0 Å². The van der Waals surface area contributed by atoms with Gasteiger partial charge in [0.05, 0.1) is 17.6 Å². The fourth-order valence-corrected chi connectivity index (χ4v) is 3.02. The van der Waals surface area contributed by atoms with Crippen LogP contribution in [-0.2, 0) is 7.05 Å². The van der Waals surface area contributed by atoms with Crippen LogP contribution in [0.15, 0.2) is 67.1 Å². The fraction of sp³-hybridized carbons (Fsp3) is 0.0909. The van der Waals surface area contributed by atoms with Crippen molar-refractivity contribution in [3.8, 4) is 0 Å². The second-order valence-corrected chi connectivity index (χ2v) is 7.05. The summed E-state index contributed by atoms with van der Waals surface area (Å²) in [4.78, 5) is 23.4. The molecule has 4 N–H and O–H groups in total. The molecule has 0 unspecified atom stereocenters. The number of halogens is 1. The first-order valence-corrected chi connectivity index (χ1v) is 9.68. The molecular formula is C22H21FN8O. The molecule has 4 aromatic rings. The maximum Gasteiger partial charge on any atom is 0.263 e. The summed E-state index contributed by atoms with van der Waals surface area (Å²) in [6, 6.07) is 13.3. The minimum Gasteiger partial charge on any atom is -0.399 e. The molecule has 0 bridgehead atoms. The molecule has 0 fully saturated rings. The van der Waals surface area contributed by atoms with Gasteiger partial charge in [-0.3, -0.25) is 9.48 Å². The molecule has 0 aliphatic rings. The predicted octanol–water partition coefficient (Wildman–Crippen LogP) is 3.70. The first-order chi connectivity index (χ1) is 15.4. The van der Waals surface area contributed by atoms with Crippen LogP contribution in [0.25, 0.3) is 0 Å². The lowest BCUT2D eigenvalue weighted by molar-refractivity contribution is 0.0993. The number of rotatable bonds is 6. The number of amides is 1. The Balaban J connectivity index is 1.72. The van der Waals surface area contributed by atoms with Crippen LogP contribution in [0.4, 0.5) is 38.9 Å². The number of para-hydroxylation sites is 1. The number of aryl methyl sites for hydroxylation is 1. The molecule has 9 nitrogen and oxygen atoms in total. The number of carbonyl (C=O) groups excluding carboxylic acids is 1. The number of nitrogen functional groups attached to an aromatic ring is 1. The van der Waals surface area contributed by atoms with Crippen molar-refractivity contribution in [1.82, 2.24) is 19.7 Å². The average molecular weight is 432 g/mol. The normalized spacial score (nSPS) is 10.6. The highest BCUT2D eigenvalue weighted by Crippen LogP contribution is 2.26. The second kappa shape index (κ2) is 8.72. The third-order valence-corrected chi connectivity index (χ3v) is 4.67. The number of aromatic nitrogens is 4. The Morgan fingerprint density at radius 1 is 1.12 bits per heavy atom. The van der Waals surface area contributed by atoms with Gasteiger partial charge in [0.25, 0.3) is 5.91 Å². The van der Waals surface area contributed by atoms with Crippen molar-refractivity contribution in [2.24, 2.45) is 7.05 Å². The standard InChI is InChI=1S/C22H21FN8O/c1-30-13-15(11-26-30)27-22-25-12-17(21(32)31(2)16-6-4-3-5-7-16)20(29-22)28-19-10-14(24)8-9-18(19)23/h3-13H,24H2,1-2H3,(H2,25,27,28,29). The first-order valence-electron chi connectivity index (χ1n) is 9.68. The topological polar surface area (TPSA) is 114 Å². The van der Waals surface area contributed by atoms with Crippen molar-refractivity contribution < 1.29 is 9.18 Å². The highest BCUT2D eigenvalue weighted by Gasteiger charge is 2.21. The number of nitrogens with two attached hydrogens (primary N) is 1. The third-order valence-electron chi connectivity index (χ3n) is 4.67. The number of hydrogen-bond donors (Lipinski definition) is 3. The number of carbonyl (C=O) groups is 1. The summed E-state index contributed by atoms with van der Waals surface area (Å²) in [5, 5.41) is 9.99. The highest BCUT2D eigenvalue weighted by molar-refractivity contribution is 6.09. The summed E-state index contributed by atoms with van der Waals surface area (Å²) >= 11 is 0. The van der Waals surface area contributed by atoms with Crippen molar-refractivity contribution >= 4 is 40.4 Å². The largest absolute Gasteiger partial charge is 0.399 e. The summed E-state index contributed by atoms with van der Waals surface area (Å²) < 4.78 is 16.0. The lowest BCUT2D eigenvalue weighted by Crippen LogP contribution is -2.27. The number of hydrogen-bond acceptors (Lipinski definition) is 7. The Hall–Kier alpha value is -4.47. The molecule has 0 spiro atoms. The number of nitrogens with zero attached hydrogens (tertiary/aromatic N) is 5. The monoisotopic (exact) mass is 432 g/mol. The third kappa shape index (κ3) is 4.48. The molecule has 2 aromatic carbocycles. The van der Waals surface area contributed by atoms with E-state index in [-0.39, 0.29) is 28.9 Å². The number of anilines is 6. The van der Waals surface area contributed by atoms with E-state index in [1.807, 2.05) is 30.3 Å². The van der Waals surface area contributed by atoms with Crippen LogP contribution in [0.3, 0.4) is 0 Å². The van der Waals surface area contributed by atoms with Gasteiger partial charge in [0, 0.05) is 37.9 Å². The Kier molecular flexibility index (Phi) is 5.67. The molecule has 2 aromatic heterocycles. The van der Waals surface area contributed by atoms with Crippen LogP contribution in [0, 0.1) is 5.82 Å². The van der Waals surface area contributed by atoms with Crippen LogP contribution in [0.5, 0.6) is 0 Å². The molecule has 0 saturated carbocycles. The molecule has 0 atom stereocenters. The molecular weight excluding hydrogens is 411 g/mol. The van der Waals surface area contributed by atoms with E-state index < -0.39 is 5.82 Å². The van der Waals surface area contributed by atoms with Gasteiger partial charge in [0.1, 0.15) is 17.2 Å². The molecule has 1 amide bonds. The quantitative estimate of drug-likeness (QED) is 0.398. The van der Waals surface area contributed by atoms with Crippen molar-refractivity contribution in [3.63, 3.8) is 0 Å². The Morgan fingerprint density at radius 2 is 1.91 bits per heavy atom. The van der Waals surface area contributed by atoms with E-state index in [4.69, 9.17) is 5.73 Å². The first kappa shape index (κ1) is 20.8. The molecule has 0 aliphatic heterocycles. The van der Waals surface area contributed by atoms with Gasteiger partial charge in [-0.25, -0.2) is 9.37 Å². The molecule has 0 radical (unpaired) electrons. The molecule has 4 rings (SSSR count). The van der Waals surface area contributed by atoms with Crippen molar-refractivity contribution in [3.05, 3.63) is 78.5 Å². The fourth-order valence-electron chi connectivity index (χ4n) is 3.02. The second-order valence-electron chi connectivity index (χ2n) is 7.05.